The van der Waals surface area contributed by atoms with Crippen LogP contribution in [0.25, 0.3) is 10.9 Å². The van der Waals surface area contributed by atoms with Crippen LogP contribution in [0.5, 0.6) is 0 Å². The number of rotatable bonds is 8. The Kier molecular flexibility index (Phi) is 6.35. The number of aromatic nitrogens is 4. The second kappa shape index (κ2) is 9.69. The van der Waals surface area contributed by atoms with Crippen molar-refractivity contribution in [2.24, 2.45) is 0 Å². The van der Waals surface area contributed by atoms with E-state index < -0.39 is 0 Å². The Hall–Kier alpha value is -4.27. The number of hydrogen-bond donors (Lipinski definition) is 2. The Bertz CT molecular complexity index is 1300. The first-order valence-corrected chi connectivity index (χ1v) is 10.2. The largest absolute Gasteiger partial charge is 0.352 e. The van der Waals surface area contributed by atoms with Crippen LogP contribution >= 0.6 is 0 Å². The van der Waals surface area contributed by atoms with Gasteiger partial charge in [0.15, 0.2) is 0 Å². The Morgan fingerprint density at radius 2 is 1.84 bits per heavy atom. The minimum atomic E-state index is -0.185. The molecule has 9 heteroatoms. The summed E-state index contributed by atoms with van der Waals surface area (Å²) in [5, 5.41) is 14.4. The highest BCUT2D eigenvalue weighted by atomic mass is 16.2. The van der Waals surface area contributed by atoms with Gasteiger partial charge in [0.2, 0.25) is 17.2 Å². The van der Waals surface area contributed by atoms with Crippen molar-refractivity contribution in [1.29, 1.82) is 0 Å². The number of aryl methyl sites for hydroxylation is 1. The number of benzene rings is 2. The molecule has 0 aliphatic rings. The van der Waals surface area contributed by atoms with Gasteiger partial charge in [0, 0.05) is 36.4 Å². The molecule has 0 aliphatic heterocycles. The van der Waals surface area contributed by atoms with Gasteiger partial charge in [-0.3, -0.25) is 23.7 Å². The van der Waals surface area contributed by atoms with Gasteiger partial charge in [0.05, 0.1) is 18.3 Å². The monoisotopic (exact) mass is 430 g/mol. The van der Waals surface area contributed by atoms with Gasteiger partial charge >= 0.3 is 0 Å². The first kappa shape index (κ1) is 21.0. The molecule has 0 spiro atoms. The quantitative estimate of drug-likeness (QED) is 0.444. The normalized spacial score (nSPS) is 10.8. The van der Waals surface area contributed by atoms with E-state index in [1.807, 2.05) is 30.3 Å². The summed E-state index contributed by atoms with van der Waals surface area (Å²) in [5.74, 6) is -0.321. The predicted octanol–water partition coefficient (Wildman–Crippen LogP) is 1.94. The van der Waals surface area contributed by atoms with Gasteiger partial charge in [-0.15, -0.1) is 0 Å². The van der Waals surface area contributed by atoms with Crippen LogP contribution in [0.3, 0.4) is 0 Å². The minimum Gasteiger partial charge on any atom is -0.352 e. The third-order valence-corrected chi connectivity index (χ3v) is 4.88. The van der Waals surface area contributed by atoms with Crippen LogP contribution in [-0.2, 0) is 29.2 Å². The molecule has 0 aliphatic carbocycles. The summed E-state index contributed by atoms with van der Waals surface area (Å²) in [6, 6.07) is 16.3. The topological polar surface area (TPSA) is 111 Å². The number of carbonyl (C=O) groups excluding carboxylic acids is 2. The molecule has 9 nitrogen and oxygen atoms in total. The highest BCUT2D eigenvalue weighted by Crippen LogP contribution is 2.11. The molecular weight excluding hydrogens is 408 g/mol. The molecule has 0 saturated carbocycles. The van der Waals surface area contributed by atoms with Crippen molar-refractivity contribution in [2.45, 2.75) is 26.1 Å². The van der Waals surface area contributed by atoms with Gasteiger partial charge in [0.25, 0.3) is 0 Å². The van der Waals surface area contributed by atoms with Crippen molar-refractivity contribution < 1.29 is 9.59 Å². The van der Waals surface area contributed by atoms with Crippen LogP contribution in [0.4, 0.5) is 5.69 Å². The molecule has 2 amide bonds. The Morgan fingerprint density at radius 3 is 2.69 bits per heavy atom. The van der Waals surface area contributed by atoms with Gasteiger partial charge < -0.3 is 10.6 Å². The lowest BCUT2D eigenvalue weighted by molar-refractivity contribution is -0.121. The number of carbonyl (C=O) groups is 2. The van der Waals surface area contributed by atoms with E-state index in [1.54, 1.807) is 46.0 Å². The number of nitrogens with zero attached hydrogens (tertiary/aromatic N) is 4. The summed E-state index contributed by atoms with van der Waals surface area (Å²) in [5.41, 5.74) is 2.07. The third-order valence-electron chi connectivity index (χ3n) is 4.88. The maximum Gasteiger partial charge on any atom is 0.246 e. The number of nitrogens with one attached hydrogen (secondary N) is 2. The zero-order chi connectivity index (χ0) is 22.3. The maximum absolute atomic E-state index is 12.3. The molecule has 2 aromatic heterocycles. The van der Waals surface area contributed by atoms with Crippen molar-refractivity contribution >= 4 is 28.4 Å². The fraction of sp³-hybridized carbons (Fsp3) is 0.174. The van der Waals surface area contributed by atoms with Crippen molar-refractivity contribution in [3.63, 3.8) is 0 Å². The summed E-state index contributed by atoms with van der Waals surface area (Å²) in [6.45, 7) is 0.817. The van der Waals surface area contributed by atoms with Gasteiger partial charge in [-0.25, -0.2) is 0 Å². The maximum atomic E-state index is 12.3. The smallest absolute Gasteiger partial charge is 0.246 e. The van der Waals surface area contributed by atoms with Gasteiger partial charge in [0.1, 0.15) is 6.54 Å². The zero-order valence-corrected chi connectivity index (χ0v) is 17.3. The summed E-state index contributed by atoms with van der Waals surface area (Å²) >= 11 is 0. The molecular formula is C23H22N6O3. The molecule has 0 unspecified atom stereocenters. The summed E-state index contributed by atoms with van der Waals surface area (Å²) in [7, 11) is 0. The summed E-state index contributed by atoms with van der Waals surface area (Å²) in [6.07, 6.45) is 4.83. The highest BCUT2D eigenvalue weighted by molar-refractivity contribution is 5.90. The van der Waals surface area contributed by atoms with Crippen LogP contribution in [0.15, 0.2) is 78.0 Å². The highest BCUT2D eigenvalue weighted by Gasteiger charge is 2.08. The Balaban J connectivity index is 1.30. The molecule has 162 valence electrons. The van der Waals surface area contributed by atoms with E-state index >= 15 is 0 Å². The molecule has 2 aromatic carbocycles. The SMILES string of the molecule is O=C(CCn1ncc(=O)c2ccccc21)NCc1cccc(NC(=O)Cn2cccn2)c1. The van der Waals surface area contributed by atoms with E-state index in [1.165, 1.54) is 6.20 Å². The van der Waals surface area contributed by atoms with Crippen LogP contribution in [-0.4, -0.2) is 31.4 Å². The van der Waals surface area contributed by atoms with Crippen LogP contribution in [0.2, 0.25) is 0 Å². The van der Waals surface area contributed by atoms with Crippen LogP contribution < -0.4 is 16.1 Å². The Labute approximate surface area is 183 Å². The second-order valence-corrected chi connectivity index (χ2v) is 7.23. The number of anilines is 1. The second-order valence-electron chi connectivity index (χ2n) is 7.23. The lowest BCUT2D eigenvalue weighted by Gasteiger charge is -2.10. The third kappa shape index (κ3) is 5.25. The molecule has 32 heavy (non-hydrogen) atoms. The molecule has 0 atom stereocenters. The van der Waals surface area contributed by atoms with Crippen molar-refractivity contribution in [1.82, 2.24) is 24.9 Å². The molecule has 0 saturated heterocycles. The van der Waals surface area contributed by atoms with E-state index in [0.29, 0.717) is 29.7 Å². The molecule has 0 fully saturated rings. The fourth-order valence-corrected chi connectivity index (χ4v) is 3.34. The van der Waals surface area contributed by atoms with Crippen LogP contribution in [0.1, 0.15) is 12.0 Å². The van der Waals surface area contributed by atoms with Crippen molar-refractivity contribution in [2.75, 3.05) is 5.32 Å². The summed E-state index contributed by atoms with van der Waals surface area (Å²) < 4.78 is 3.20. The average Bonchev–Trinajstić information content (AvgIpc) is 3.30. The lowest BCUT2D eigenvalue weighted by Crippen LogP contribution is -2.25. The average molecular weight is 430 g/mol. The van der Waals surface area contributed by atoms with Gasteiger partial charge in [-0.2, -0.15) is 10.2 Å². The standard InChI is InChI=1S/C23H22N6O3/c30-21-15-26-29(20-8-2-1-7-19(20)21)12-9-22(31)24-14-17-5-3-6-18(13-17)27-23(32)16-28-11-4-10-25-28/h1-8,10-11,13,15H,9,12,14,16H2,(H,24,31)(H,27,32). The predicted molar refractivity (Wildman–Crippen MR) is 120 cm³/mol. The van der Waals surface area contributed by atoms with E-state index in [2.05, 4.69) is 20.8 Å². The van der Waals surface area contributed by atoms with Gasteiger partial charge in [-0.05, 0) is 35.9 Å². The van der Waals surface area contributed by atoms with Gasteiger partial charge in [-0.1, -0.05) is 24.3 Å². The molecule has 2 heterocycles. The molecule has 0 radical (unpaired) electrons. The first-order chi connectivity index (χ1) is 15.6. The minimum absolute atomic E-state index is 0.127. The number of fused-ring (bicyclic) bond motifs is 1. The fourth-order valence-electron chi connectivity index (χ4n) is 3.34. The lowest BCUT2D eigenvalue weighted by atomic mass is 10.2. The molecule has 4 rings (SSSR count). The van der Waals surface area contributed by atoms with Crippen molar-refractivity contribution in [3.05, 3.63) is 89.0 Å². The van der Waals surface area contributed by atoms with Crippen molar-refractivity contribution in [3.8, 4) is 0 Å². The molecule has 2 N–H and O–H groups in total. The Morgan fingerprint density at radius 1 is 0.969 bits per heavy atom. The number of hydrogen-bond acceptors (Lipinski definition) is 5. The van der Waals surface area contributed by atoms with E-state index in [-0.39, 0.29) is 30.2 Å². The summed E-state index contributed by atoms with van der Waals surface area (Å²) in [4.78, 5) is 36.4. The van der Waals surface area contributed by atoms with Crippen LogP contribution in [0, 0.1) is 0 Å². The number of amides is 2. The van der Waals surface area contributed by atoms with E-state index in [9.17, 15) is 14.4 Å². The van der Waals surface area contributed by atoms with E-state index in [0.717, 1.165) is 5.56 Å². The number of para-hydroxylation sites is 1. The van der Waals surface area contributed by atoms with E-state index in [4.69, 9.17) is 0 Å². The zero-order valence-electron chi connectivity index (χ0n) is 17.3. The molecule has 0 bridgehead atoms. The first-order valence-electron chi connectivity index (χ1n) is 10.2. The molecule has 4 aromatic rings.